The van der Waals surface area contributed by atoms with Crippen molar-refractivity contribution in [1.29, 1.82) is 0 Å². The van der Waals surface area contributed by atoms with Crippen LogP contribution in [0.5, 0.6) is 0 Å². The van der Waals surface area contributed by atoms with Gasteiger partial charge in [0.2, 0.25) is 5.76 Å². The molecule has 0 radical (unpaired) electrons. The van der Waals surface area contributed by atoms with Gasteiger partial charge in [0.1, 0.15) is 5.58 Å². The van der Waals surface area contributed by atoms with Gasteiger partial charge in [-0.15, -0.1) is 0 Å². The van der Waals surface area contributed by atoms with Crippen LogP contribution in [0.3, 0.4) is 0 Å². The van der Waals surface area contributed by atoms with E-state index in [0.717, 1.165) is 27.8 Å². The summed E-state index contributed by atoms with van der Waals surface area (Å²) in [5, 5.41) is 3.66. The summed E-state index contributed by atoms with van der Waals surface area (Å²) in [5.41, 5.74) is 5.13. The van der Waals surface area contributed by atoms with E-state index in [2.05, 4.69) is 5.32 Å². The quantitative estimate of drug-likeness (QED) is 0.705. The molecule has 1 aromatic heterocycles. The summed E-state index contributed by atoms with van der Waals surface area (Å²) in [6.07, 6.45) is 0. The number of carbonyl (C=O) groups excluding carboxylic acids is 2. The highest BCUT2D eigenvalue weighted by atomic mass is 16.5. The zero-order valence-corrected chi connectivity index (χ0v) is 15.3. The Bertz CT molecular complexity index is 977. The number of rotatable bonds is 4. The van der Waals surface area contributed by atoms with Gasteiger partial charge in [-0.05, 0) is 44.9 Å². The molecule has 1 heterocycles. The standard InChI is InChI=1S/C21H21NO4/c1-12-9-13(2)19(14(3)10-12)22-18(23)11-25-21(24)20-15(4)16-7-5-6-8-17(16)26-20/h5-10H,11H2,1-4H3,(H,22,23). The van der Waals surface area contributed by atoms with E-state index in [1.54, 1.807) is 13.0 Å². The molecule has 0 bridgehead atoms. The lowest BCUT2D eigenvalue weighted by molar-refractivity contribution is -0.119. The third-order valence-electron chi connectivity index (χ3n) is 4.30. The van der Waals surface area contributed by atoms with Gasteiger partial charge in [-0.1, -0.05) is 35.9 Å². The fourth-order valence-electron chi connectivity index (χ4n) is 3.12. The van der Waals surface area contributed by atoms with Crippen LogP contribution in [0.15, 0.2) is 40.8 Å². The van der Waals surface area contributed by atoms with Crippen molar-refractivity contribution in [2.24, 2.45) is 0 Å². The van der Waals surface area contributed by atoms with E-state index in [4.69, 9.17) is 9.15 Å². The average Bonchev–Trinajstić information content (AvgIpc) is 2.93. The summed E-state index contributed by atoms with van der Waals surface area (Å²) < 4.78 is 10.7. The highest BCUT2D eigenvalue weighted by Crippen LogP contribution is 2.25. The number of carbonyl (C=O) groups is 2. The number of ether oxygens (including phenoxy) is 1. The Morgan fingerprint density at radius 1 is 1.04 bits per heavy atom. The monoisotopic (exact) mass is 351 g/mol. The minimum absolute atomic E-state index is 0.127. The van der Waals surface area contributed by atoms with Gasteiger partial charge in [-0.25, -0.2) is 4.79 Å². The highest BCUT2D eigenvalue weighted by Gasteiger charge is 2.20. The van der Waals surface area contributed by atoms with Crippen molar-refractivity contribution in [1.82, 2.24) is 0 Å². The second-order valence-corrected chi connectivity index (χ2v) is 6.45. The van der Waals surface area contributed by atoms with Crippen LogP contribution in [0.25, 0.3) is 11.0 Å². The number of aryl methyl sites for hydroxylation is 4. The summed E-state index contributed by atoms with van der Waals surface area (Å²) in [7, 11) is 0. The molecule has 1 N–H and O–H groups in total. The molecule has 5 nitrogen and oxygen atoms in total. The Kier molecular flexibility index (Phi) is 4.80. The van der Waals surface area contributed by atoms with Gasteiger partial charge >= 0.3 is 5.97 Å². The first-order valence-corrected chi connectivity index (χ1v) is 8.39. The van der Waals surface area contributed by atoms with Gasteiger partial charge < -0.3 is 14.5 Å². The van der Waals surface area contributed by atoms with Gasteiger partial charge in [0, 0.05) is 16.6 Å². The molecule has 0 aliphatic heterocycles. The molecule has 0 aliphatic carbocycles. The number of esters is 1. The van der Waals surface area contributed by atoms with Crippen LogP contribution >= 0.6 is 0 Å². The summed E-state index contributed by atoms with van der Waals surface area (Å²) in [6, 6.07) is 11.4. The van der Waals surface area contributed by atoms with Crippen LogP contribution in [0.2, 0.25) is 0 Å². The molecule has 0 atom stereocenters. The summed E-state index contributed by atoms with van der Waals surface area (Å²) in [5.74, 6) is -0.907. The van der Waals surface area contributed by atoms with E-state index in [9.17, 15) is 9.59 Å². The number of benzene rings is 2. The lowest BCUT2D eigenvalue weighted by Crippen LogP contribution is -2.22. The third kappa shape index (κ3) is 3.47. The van der Waals surface area contributed by atoms with Crippen molar-refractivity contribution in [3.05, 3.63) is 64.4 Å². The zero-order chi connectivity index (χ0) is 18.8. The predicted octanol–water partition coefficient (Wildman–Crippen LogP) is 4.46. The lowest BCUT2D eigenvalue weighted by atomic mass is 10.1. The molecule has 0 fully saturated rings. The average molecular weight is 351 g/mol. The Morgan fingerprint density at radius 3 is 2.35 bits per heavy atom. The maximum absolute atomic E-state index is 12.3. The molecule has 5 heteroatoms. The molecular formula is C21H21NO4. The van der Waals surface area contributed by atoms with Crippen LogP contribution in [0.1, 0.15) is 32.8 Å². The van der Waals surface area contributed by atoms with Gasteiger partial charge in [0.15, 0.2) is 6.61 Å². The first kappa shape index (κ1) is 17.7. The Hall–Kier alpha value is -3.08. The van der Waals surface area contributed by atoms with E-state index in [1.165, 1.54) is 0 Å². The van der Waals surface area contributed by atoms with Crippen molar-refractivity contribution < 1.29 is 18.7 Å². The molecule has 134 valence electrons. The molecule has 1 amide bonds. The first-order valence-electron chi connectivity index (χ1n) is 8.39. The molecule has 0 unspecified atom stereocenters. The minimum Gasteiger partial charge on any atom is -0.450 e. The van der Waals surface area contributed by atoms with Crippen LogP contribution in [-0.4, -0.2) is 18.5 Å². The molecule has 3 rings (SSSR count). The lowest BCUT2D eigenvalue weighted by Gasteiger charge is -2.12. The number of fused-ring (bicyclic) bond motifs is 1. The van der Waals surface area contributed by atoms with Gasteiger partial charge in [-0.2, -0.15) is 0 Å². The topological polar surface area (TPSA) is 68.5 Å². The van der Waals surface area contributed by atoms with Crippen LogP contribution < -0.4 is 5.32 Å². The maximum atomic E-state index is 12.3. The maximum Gasteiger partial charge on any atom is 0.375 e. The summed E-state index contributed by atoms with van der Waals surface area (Å²) in [6.45, 7) is 7.28. The van der Waals surface area contributed by atoms with Gasteiger partial charge in [0.25, 0.3) is 5.91 Å². The fraction of sp³-hybridized carbons (Fsp3) is 0.238. The molecule has 0 aliphatic rings. The van der Waals surface area contributed by atoms with E-state index >= 15 is 0 Å². The molecule has 26 heavy (non-hydrogen) atoms. The molecule has 0 spiro atoms. The number of amides is 1. The minimum atomic E-state index is -0.647. The number of nitrogens with one attached hydrogen (secondary N) is 1. The SMILES string of the molecule is Cc1cc(C)c(NC(=O)COC(=O)c2oc3ccccc3c2C)c(C)c1. The second-order valence-electron chi connectivity index (χ2n) is 6.45. The molecule has 3 aromatic rings. The Morgan fingerprint density at radius 2 is 1.69 bits per heavy atom. The van der Waals surface area contributed by atoms with Crippen molar-refractivity contribution >= 4 is 28.5 Å². The van der Waals surface area contributed by atoms with E-state index in [-0.39, 0.29) is 18.3 Å². The summed E-state index contributed by atoms with van der Waals surface area (Å²) in [4.78, 5) is 24.5. The first-order chi connectivity index (χ1) is 12.4. The number of hydrogen-bond donors (Lipinski definition) is 1. The zero-order valence-electron chi connectivity index (χ0n) is 15.3. The van der Waals surface area contributed by atoms with Crippen molar-refractivity contribution in [2.45, 2.75) is 27.7 Å². The third-order valence-corrected chi connectivity index (χ3v) is 4.30. The number of hydrogen-bond acceptors (Lipinski definition) is 4. The van der Waals surface area contributed by atoms with Crippen molar-refractivity contribution in [3.8, 4) is 0 Å². The van der Waals surface area contributed by atoms with Gasteiger partial charge in [-0.3, -0.25) is 4.79 Å². The Balaban J connectivity index is 1.67. The molecule has 2 aromatic carbocycles. The van der Waals surface area contributed by atoms with E-state index in [0.29, 0.717) is 11.1 Å². The summed E-state index contributed by atoms with van der Waals surface area (Å²) >= 11 is 0. The number of para-hydroxylation sites is 1. The van der Waals surface area contributed by atoms with E-state index in [1.807, 2.05) is 51.1 Å². The molecule has 0 saturated carbocycles. The van der Waals surface area contributed by atoms with Crippen molar-refractivity contribution in [2.75, 3.05) is 11.9 Å². The molecular weight excluding hydrogens is 330 g/mol. The number of anilines is 1. The highest BCUT2D eigenvalue weighted by molar-refractivity contribution is 5.98. The smallest absolute Gasteiger partial charge is 0.375 e. The van der Waals surface area contributed by atoms with Crippen LogP contribution in [0.4, 0.5) is 5.69 Å². The normalized spacial score (nSPS) is 10.8. The van der Waals surface area contributed by atoms with E-state index < -0.39 is 5.97 Å². The van der Waals surface area contributed by atoms with Gasteiger partial charge in [0.05, 0.1) is 0 Å². The second kappa shape index (κ2) is 7.04. The molecule has 0 saturated heterocycles. The van der Waals surface area contributed by atoms with Crippen molar-refractivity contribution in [3.63, 3.8) is 0 Å². The predicted molar refractivity (Wildman–Crippen MR) is 101 cm³/mol. The fourth-order valence-corrected chi connectivity index (χ4v) is 3.12. The Labute approximate surface area is 152 Å². The largest absolute Gasteiger partial charge is 0.450 e. The number of furan rings is 1. The van der Waals surface area contributed by atoms with Crippen LogP contribution in [-0.2, 0) is 9.53 Å². The van der Waals surface area contributed by atoms with Crippen LogP contribution in [0, 0.1) is 27.7 Å².